The van der Waals surface area contributed by atoms with Gasteiger partial charge in [0.1, 0.15) is 11.5 Å². The molecule has 2 bridgehead atoms. The van der Waals surface area contributed by atoms with Crippen molar-refractivity contribution >= 4 is 0 Å². The zero-order valence-electron chi connectivity index (χ0n) is 8.77. The van der Waals surface area contributed by atoms with Crippen molar-refractivity contribution in [2.24, 2.45) is 0 Å². The average Bonchev–Trinajstić information content (AvgIpc) is 2.28. The van der Waals surface area contributed by atoms with Crippen LogP contribution in [0, 0.1) is 0 Å². The highest BCUT2D eigenvalue weighted by atomic mass is 16.8. The molecule has 2 unspecified atom stereocenters. The van der Waals surface area contributed by atoms with Crippen LogP contribution in [0.1, 0.15) is 25.0 Å². The van der Waals surface area contributed by atoms with Crippen LogP contribution in [-0.2, 0) is 4.74 Å². The van der Waals surface area contributed by atoms with Crippen molar-refractivity contribution in [1.29, 1.82) is 0 Å². The van der Waals surface area contributed by atoms with Gasteiger partial charge in [0.05, 0.1) is 6.10 Å². The van der Waals surface area contributed by atoms with Crippen LogP contribution < -0.4 is 9.47 Å². The molecule has 15 heavy (non-hydrogen) atoms. The Morgan fingerprint density at radius 3 is 2.93 bits per heavy atom. The Hall–Kier alpha value is -1.26. The maximum Gasteiger partial charge on any atom is 0.360 e. The number of ether oxygens (including phenoxy) is 3. The third-order valence-electron chi connectivity index (χ3n) is 2.38. The highest BCUT2D eigenvalue weighted by molar-refractivity contribution is 5.43. The standard InChI is InChI=1S/C11H14O4/c1-3-9(12)8-5-4-7-6-10(8)15-11(13-2)14-7/h4-6,9,11-12H,3H2,1-2H3. The molecule has 1 N–H and O–H groups in total. The van der Waals surface area contributed by atoms with E-state index in [1.165, 1.54) is 7.11 Å². The lowest BCUT2D eigenvalue weighted by Gasteiger charge is -2.26. The van der Waals surface area contributed by atoms with Crippen molar-refractivity contribution < 1.29 is 19.3 Å². The lowest BCUT2D eigenvalue weighted by molar-refractivity contribution is -0.188. The Morgan fingerprint density at radius 1 is 1.47 bits per heavy atom. The summed E-state index contributed by atoms with van der Waals surface area (Å²) in [6, 6.07) is 5.36. The molecule has 1 aromatic carbocycles. The summed E-state index contributed by atoms with van der Waals surface area (Å²) < 4.78 is 15.6. The number of benzene rings is 1. The Kier molecular flexibility index (Phi) is 2.79. The topological polar surface area (TPSA) is 47.9 Å². The smallest absolute Gasteiger partial charge is 0.360 e. The van der Waals surface area contributed by atoms with Gasteiger partial charge in [0.2, 0.25) is 0 Å². The fourth-order valence-corrected chi connectivity index (χ4v) is 1.52. The third-order valence-corrected chi connectivity index (χ3v) is 2.38. The van der Waals surface area contributed by atoms with Crippen molar-refractivity contribution in [2.75, 3.05) is 7.11 Å². The van der Waals surface area contributed by atoms with E-state index in [1.54, 1.807) is 12.1 Å². The molecule has 4 nitrogen and oxygen atoms in total. The van der Waals surface area contributed by atoms with Gasteiger partial charge in [-0.1, -0.05) is 6.92 Å². The van der Waals surface area contributed by atoms with Crippen molar-refractivity contribution in [3.8, 4) is 11.5 Å². The first-order valence-corrected chi connectivity index (χ1v) is 4.92. The first-order chi connectivity index (χ1) is 7.24. The van der Waals surface area contributed by atoms with E-state index in [4.69, 9.17) is 14.2 Å². The molecule has 0 fully saturated rings. The second-order valence-corrected chi connectivity index (χ2v) is 3.38. The van der Waals surface area contributed by atoms with Crippen LogP contribution in [0.3, 0.4) is 0 Å². The number of methoxy groups -OCH3 is 1. The number of hydrogen-bond donors (Lipinski definition) is 1. The molecular weight excluding hydrogens is 196 g/mol. The van der Waals surface area contributed by atoms with E-state index in [2.05, 4.69) is 0 Å². The molecule has 0 radical (unpaired) electrons. The maximum absolute atomic E-state index is 9.75. The first kappa shape index (κ1) is 10.3. The van der Waals surface area contributed by atoms with E-state index in [0.717, 1.165) is 5.56 Å². The molecule has 0 aliphatic carbocycles. The van der Waals surface area contributed by atoms with Gasteiger partial charge in [0.15, 0.2) is 0 Å². The second kappa shape index (κ2) is 4.08. The van der Waals surface area contributed by atoms with E-state index < -0.39 is 12.6 Å². The zero-order valence-corrected chi connectivity index (χ0v) is 8.77. The normalized spacial score (nSPS) is 20.3. The van der Waals surface area contributed by atoms with Crippen LogP contribution in [0.4, 0.5) is 0 Å². The lowest BCUT2D eigenvalue weighted by atomic mass is 10.1. The summed E-state index contributed by atoms with van der Waals surface area (Å²) in [7, 11) is 1.51. The van der Waals surface area contributed by atoms with Gasteiger partial charge in [-0.3, -0.25) is 0 Å². The minimum atomic E-state index is -0.719. The van der Waals surface area contributed by atoms with Gasteiger partial charge in [-0.05, 0) is 18.6 Å². The number of hydrogen-bond acceptors (Lipinski definition) is 4. The summed E-state index contributed by atoms with van der Waals surface area (Å²) in [6.07, 6.45) is 0.137. The highest BCUT2D eigenvalue weighted by Gasteiger charge is 2.22. The molecule has 1 aliphatic heterocycles. The first-order valence-electron chi connectivity index (χ1n) is 4.92. The lowest BCUT2D eigenvalue weighted by Crippen LogP contribution is -2.29. The van der Waals surface area contributed by atoms with Crippen LogP contribution in [0.25, 0.3) is 0 Å². The van der Waals surface area contributed by atoms with Crippen LogP contribution in [0.2, 0.25) is 0 Å². The van der Waals surface area contributed by atoms with E-state index in [0.29, 0.717) is 17.9 Å². The van der Waals surface area contributed by atoms with Crippen molar-refractivity contribution in [2.45, 2.75) is 25.9 Å². The fourth-order valence-electron chi connectivity index (χ4n) is 1.52. The summed E-state index contributed by atoms with van der Waals surface area (Å²) in [5.41, 5.74) is 0.770. The number of aliphatic hydroxyl groups excluding tert-OH is 1. The van der Waals surface area contributed by atoms with Crippen molar-refractivity contribution in [3.63, 3.8) is 0 Å². The minimum absolute atomic E-state index is 0.510. The minimum Gasteiger partial charge on any atom is -0.432 e. The van der Waals surface area contributed by atoms with Crippen LogP contribution in [-0.4, -0.2) is 18.7 Å². The monoisotopic (exact) mass is 210 g/mol. The van der Waals surface area contributed by atoms with E-state index in [-0.39, 0.29) is 0 Å². The molecule has 0 saturated carbocycles. The molecule has 2 atom stereocenters. The summed E-state index contributed by atoms with van der Waals surface area (Å²) >= 11 is 0. The summed E-state index contributed by atoms with van der Waals surface area (Å²) in [4.78, 5) is 0. The Morgan fingerprint density at radius 2 is 2.27 bits per heavy atom. The molecule has 0 saturated heterocycles. The van der Waals surface area contributed by atoms with Gasteiger partial charge in [-0.15, -0.1) is 0 Å². The Labute approximate surface area is 88.4 Å². The Balaban J connectivity index is 2.31. The molecule has 1 aromatic rings. The molecular formula is C11H14O4. The summed E-state index contributed by atoms with van der Waals surface area (Å²) in [5, 5.41) is 9.75. The van der Waals surface area contributed by atoms with Gasteiger partial charge in [-0.25, -0.2) is 0 Å². The predicted molar refractivity (Wildman–Crippen MR) is 53.7 cm³/mol. The predicted octanol–water partition coefficient (Wildman–Crippen LogP) is 1.83. The summed E-state index contributed by atoms with van der Waals surface area (Å²) in [5.74, 6) is 1.31. The molecule has 0 spiro atoms. The molecule has 1 aliphatic rings. The van der Waals surface area contributed by atoms with Gasteiger partial charge < -0.3 is 19.3 Å². The summed E-state index contributed by atoms with van der Waals surface area (Å²) in [6.45, 7) is 1.20. The maximum atomic E-state index is 9.75. The Bertz CT molecular complexity index is 350. The van der Waals surface area contributed by atoms with Gasteiger partial charge in [0, 0.05) is 18.7 Å². The SMILES string of the molecule is CCC(O)c1ccc2cc1OC(OC)O2. The third kappa shape index (κ3) is 1.91. The van der Waals surface area contributed by atoms with Crippen LogP contribution >= 0.6 is 0 Å². The zero-order chi connectivity index (χ0) is 10.8. The van der Waals surface area contributed by atoms with Gasteiger partial charge >= 0.3 is 6.48 Å². The fraction of sp³-hybridized carbons (Fsp3) is 0.455. The van der Waals surface area contributed by atoms with Crippen LogP contribution in [0.5, 0.6) is 11.5 Å². The number of fused-ring (bicyclic) bond motifs is 2. The molecule has 4 heteroatoms. The van der Waals surface area contributed by atoms with E-state index in [9.17, 15) is 5.11 Å². The average molecular weight is 210 g/mol. The number of aliphatic hydroxyl groups is 1. The molecule has 2 rings (SSSR count). The van der Waals surface area contributed by atoms with Gasteiger partial charge in [0.25, 0.3) is 0 Å². The van der Waals surface area contributed by atoms with Gasteiger partial charge in [-0.2, -0.15) is 0 Å². The van der Waals surface area contributed by atoms with Crippen LogP contribution in [0.15, 0.2) is 18.2 Å². The molecule has 0 amide bonds. The van der Waals surface area contributed by atoms with Crippen molar-refractivity contribution in [3.05, 3.63) is 23.8 Å². The molecule has 0 aromatic heterocycles. The molecule has 1 heterocycles. The second-order valence-electron chi connectivity index (χ2n) is 3.38. The largest absolute Gasteiger partial charge is 0.432 e. The van der Waals surface area contributed by atoms with E-state index in [1.807, 2.05) is 13.0 Å². The number of rotatable bonds is 3. The quantitative estimate of drug-likeness (QED) is 0.826. The molecule has 82 valence electrons. The highest BCUT2D eigenvalue weighted by Crippen LogP contribution is 2.35. The van der Waals surface area contributed by atoms with E-state index >= 15 is 0 Å². The van der Waals surface area contributed by atoms with Crippen molar-refractivity contribution in [1.82, 2.24) is 0 Å².